The lowest BCUT2D eigenvalue weighted by Crippen LogP contribution is -2.27. The Morgan fingerprint density at radius 1 is 1.44 bits per heavy atom. The Morgan fingerprint density at radius 3 is 2.78 bits per heavy atom. The van der Waals surface area contributed by atoms with Crippen LogP contribution in [-0.4, -0.2) is 13.2 Å². The van der Waals surface area contributed by atoms with Crippen molar-refractivity contribution >= 4 is 5.69 Å². The molecule has 0 saturated heterocycles. The van der Waals surface area contributed by atoms with Crippen LogP contribution >= 0.6 is 0 Å². The topological polar surface area (TPSA) is 47.3 Å². The molecule has 18 heavy (non-hydrogen) atoms. The van der Waals surface area contributed by atoms with Crippen LogP contribution in [0.1, 0.15) is 38.7 Å². The molecule has 0 radical (unpaired) electrons. The first-order valence-corrected chi connectivity index (χ1v) is 6.66. The summed E-state index contributed by atoms with van der Waals surface area (Å²) in [7, 11) is 1.66. The summed E-state index contributed by atoms with van der Waals surface area (Å²) < 4.78 is 5.15. The Balaban J connectivity index is 1.91. The summed E-state index contributed by atoms with van der Waals surface area (Å²) in [5, 5.41) is 3.61. The second-order valence-corrected chi connectivity index (χ2v) is 6.05. The highest BCUT2D eigenvalue weighted by Gasteiger charge is 2.30. The normalized spacial score (nSPS) is 22.1. The maximum atomic E-state index is 6.01. The Morgan fingerprint density at radius 2 is 2.22 bits per heavy atom. The van der Waals surface area contributed by atoms with Crippen LogP contribution in [0.15, 0.2) is 18.2 Å². The Kier molecular flexibility index (Phi) is 3.81. The minimum atomic E-state index is 0.489. The zero-order valence-electron chi connectivity index (χ0n) is 11.6. The van der Waals surface area contributed by atoms with Gasteiger partial charge in [0.25, 0.3) is 0 Å². The Hall–Kier alpha value is -1.22. The predicted molar refractivity (Wildman–Crippen MR) is 75.7 cm³/mol. The molecule has 3 N–H and O–H groups in total. The Labute approximate surface area is 110 Å². The van der Waals surface area contributed by atoms with E-state index in [0.717, 1.165) is 23.5 Å². The number of anilines is 1. The van der Waals surface area contributed by atoms with Crippen LogP contribution in [0.25, 0.3) is 0 Å². The minimum Gasteiger partial charge on any atom is -0.497 e. The third kappa shape index (κ3) is 3.16. The van der Waals surface area contributed by atoms with Gasteiger partial charge in [0.05, 0.1) is 7.11 Å². The van der Waals surface area contributed by atoms with Gasteiger partial charge in [-0.2, -0.15) is 0 Å². The molecule has 0 bridgehead atoms. The molecule has 1 aromatic carbocycles. The summed E-state index contributed by atoms with van der Waals surface area (Å²) in [5.41, 5.74) is 8.46. The molecule has 1 saturated carbocycles. The quantitative estimate of drug-likeness (QED) is 0.805. The average molecular weight is 248 g/mol. The first kappa shape index (κ1) is 13.2. The van der Waals surface area contributed by atoms with E-state index in [9.17, 15) is 0 Å². The van der Waals surface area contributed by atoms with Crippen molar-refractivity contribution in [2.45, 2.75) is 45.7 Å². The monoisotopic (exact) mass is 248 g/mol. The molecule has 0 aromatic heterocycles. The number of nitrogen functional groups attached to an aromatic ring is 1. The fraction of sp³-hybridized carbons (Fsp3) is 0.600. The van der Waals surface area contributed by atoms with Gasteiger partial charge in [-0.05, 0) is 36.3 Å². The molecule has 3 nitrogen and oxygen atoms in total. The van der Waals surface area contributed by atoms with E-state index in [1.54, 1.807) is 7.11 Å². The number of methoxy groups -OCH3 is 1. The number of nitrogens with one attached hydrogen (secondary N) is 1. The van der Waals surface area contributed by atoms with Crippen LogP contribution in [0.4, 0.5) is 5.69 Å². The highest BCUT2D eigenvalue weighted by Crippen LogP contribution is 2.37. The number of nitrogens with two attached hydrogens (primary N) is 1. The first-order valence-electron chi connectivity index (χ1n) is 6.66. The third-order valence-electron chi connectivity index (χ3n) is 3.90. The fourth-order valence-corrected chi connectivity index (χ4v) is 2.73. The highest BCUT2D eigenvalue weighted by atomic mass is 16.5. The summed E-state index contributed by atoms with van der Waals surface area (Å²) in [6, 6.07) is 6.52. The summed E-state index contributed by atoms with van der Waals surface area (Å²) in [5.74, 6) is 0.818. The molecule has 2 rings (SSSR count). The molecule has 3 heteroatoms. The third-order valence-corrected chi connectivity index (χ3v) is 3.90. The lowest BCUT2D eigenvalue weighted by atomic mass is 9.92. The number of ether oxygens (including phenoxy) is 1. The summed E-state index contributed by atoms with van der Waals surface area (Å²) in [4.78, 5) is 0. The molecule has 0 amide bonds. The van der Waals surface area contributed by atoms with Crippen LogP contribution in [0.5, 0.6) is 5.75 Å². The van der Waals surface area contributed by atoms with E-state index in [1.807, 2.05) is 18.2 Å². The number of benzene rings is 1. The van der Waals surface area contributed by atoms with Gasteiger partial charge in [-0.3, -0.25) is 0 Å². The van der Waals surface area contributed by atoms with Crippen molar-refractivity contribution in [2.24, 2.45) is 5.41 Å². The van der Waals surface area contributed by atoms with Crippen LogP contribution in [0.3, 0.4) is 0 Å². The molecule has 100 valence electrons. The molecule has 1 aliphatic carbocycles. The summed E-state index contributed by atoms with van der Waals surface area (Å²) >= 11 is 0. The standard InChI is InChI=1S/C15H24N2O/c1-15(2)7-6-12(9-15)17-10-11-4-5-13(18-3)8-14(11)16/h4-5,8,12,17H,6-7,9-10,16H2,1-3H3. The van der Waals surface area contributed by atoms with E-state index < -0.39 is 0 Å². The lowest BCUT2D eigenvalue weighted by Gasteiger charge is -2.18. The van der Waals surface area contributed by atoms with Crippen molar-refractivity contribution in [1.29, 1.82) is 0 Å². The van der Waals surface area contributed by atoms with Crippen molar-refractivity contribution in [3.05, 3.63) is 23.8 Å². The van der Waals surface area contributed by atoms with Gasteiger partial charge in [0.2, 0.25) is 0 Å². The van der Waals surface area contributed by atoms with Crippen molar-refractivity contribution in [3.63, 3.8) is 0 Å². The van der Waals surface area contributed by atoms with Crippen molar-refractivity contribution in [3.8, 4) is 5.75 Å². The van der Waals surface area contributed by atoms with Crippen LogP contribution < -0.4 is 15.8 Å². The molecular formula is C15H24N2O. The van der Waals surface area contributed by atoms with Crippen LogP contribution in [0, 0.1) is 5.41 Å². The van der Waals surface area contributed by atoms with E-state index in [2.05, 4.69) is 19.2 Å². The van der Waals surface area contributed by atoms with Gasteiger partial charge in [0.1, 0.15) is 5.75 Å². The molecule has 1 aliphatic rings. The summed E-state index contributed by atoms with van der Waals surface area (Å²) in [6.45, 7) is 5.53. The van der Waals surface area contributed by atoms with E-state index in [0.29, 0.717) is 11.5 Å². The fourth-order valence-electron chi connectivity index (χ4n) is 2.73. The van der Waals surface area contributed by atoms with Crippen LogP contribution in [0.2, 0.25) is 0 Å². The van der Waals surface area contributed by atoms with Gasteiger partial charge in [0, 0.05) is 24.3 Å². The van der Waals surface area contributed by atoms with Crippen molar-refractivity contribution in [2.75, 3.05) is 12.8 Å². The maximum absolute atomic E-state index is 6.01. The molecular weight excluding hydrogens is 224 g/mol. The number of hydrogen-bond acceptors (Lipinski definition) is 3. The largest absolute Gasteiger partial charge is 0.497 e. The smallest absolute Gasteiger partial charge is 0.120 e. The second kappa shape index (κ2) is 5.19. The van der Waals surface area contributed by atoms with E-state index in [-0.39, 0.29) is 0 Å². The number of rotatable bonds is 4. The predicted octanol–water partition coefficient (Wildman–Crippen LogP) is 2.95. The lowest BCUT2D eigenvalue weighted by molar-refractivity contribution is 0.364. The average Bonchev–Trinajstić information content (AvgIpc) is 2.67. The first-order chi connectivity index (χ1) is 8.50. The SMILES string of the molecule is COc1ccc(CNC2CCC(C)(C)C2)c(N)c1. The zero-order chi connectivity index (χ0) is 13.2. The van der Waals surface area contributed by atoms with Gasteiger partial charge >= 0.3 is 0 Å². The van der Waals surface area contributed by atoms with Gasteiger partial charge in [0.15, 0.2) is 0 Å². The Bertz CT molecular complexity index is 415. The molecule has 1 unspecified atom stereocenters. The zero-order valence-corrected chi connectivity index (χ0v) is 11.6. The molecule has 1 atom stereocenters. The molecule has 0 spiro atoms. The second-order valence-electron chi connectivity index (χ2n) is 6.05. The minimum absolute atomic E-state index is 0.489. The molecule has 1 aromatic rings. The number of hydrogen-bond donors (Lipinski definition) is 2. The van der Waals surface area contributed by atoms with E-state index in [4.69, 9.17) is 10.5 Å². The van der Waals surface area contributed by atoms with Crippen molar-refractivity contribution < 1.29 is 4.74 Å². The van der Waals surface area contributed by atoms with Crippen LogP contribution in [-0.2, 0) is 6.54 Å². The van der Waals surface area contributed by atoms with Gasteiger partial charge in [-0.15, -0.1) is 0 Å². The van der Waals surface area contributed by atoms with Gasteiger partial charge in [-0.1, -0.05) is 19.9 Å². The highest BCUT2D eigenvalue weighted by molar-refractivity contribution is 5.51. The van der Waals surface area contributed by atoms with Crippen molar-refractivity contribution in [1.82, 2.24) is 5.32 Å². The molecule has 0 aliphatic heterocycles. The summed E-state index contributed by atoms with van der Waals surface area (Å²) in [6.07, 6.45) is 3.83. The van der Waals surface area contributed by atoms with Gasteiger partial charge in [-0.25, -0.2) is 0 Å². The molecule has 0 heterocycles. The van der Waals surface area contributed by atoms with Gasteiger partial charge < -0.3 is 15.8 Å². The van der Waals surface area contributed by atoms with E-state index >= 15 is 0 Å². The maximum Gasteiger partial charge on any atom is 0.120 e. The van der Waals surface area contributed by atoms with E-state index in [1.165, 1.54) is 19.3 Å². The molecule has 1 fully saturated rings.